The molecule has 1 unspecified atom stereocenters. The van der Waals surface area contributed by atoms with Gasteiger partial charge in [0.25, 0.3) is 0 Å². The Kier molecular flexibility index (Phi) is 6.11. The molecule has 2 aliphatic rings. The Morgan fingerprint density at radius 1 is 1.26 bits per heavy atom. The van der Waals surface area contributed by atoms with Crippen molar-refractivity contribution in [2.45, 2.75) is 42.1 Å². The van der Waals surface area contributed by atoms with Crippen molar-refractivity contribution in [1.29, 1.82) is 0 Å². The third kappa shape index (κ3) is 4.43. The minimum absolute atomic E-state index is 0.259. The number of aliphatic imine (C=N–C) groups is 1. The van der Waals surface area contributed by atoms with Gasteiger partial charge in [-0.15, -0.1) is 11.8 Å². The molecular weight excluding hydrogens is 424 g/mol. The van der Waals surface area contributed by atoms with Gasteiger partial charge >= 0.3 is 5.97 Å². The normalized spacial score (nSPS) is 24.4. The zero-order chi connectivity index (χ0) is 22.9. The maximum Gasteiger partial charge on any atom is 0.327 e. The molecule has 11 nitrogen and oxygen atoms in total. The fraction of sp³-hybridized carbons (Fsp3) is 0.421. The van der Waals surface area contributed by atoms with E-state index in [-0.39, 0.29) is 12.5 Å². The third-order valence-corrected chi connectivity index (χ3v) is 6.65. The standard InChI is InChI=1S/C19H24N6O5S/c1-19(2)13(17(29)30)25-15(28)12(16(25)31-19)24-14(27)11(9-6-4-3-5-7-9)23-10(26)8-22-18(20)21/h3-7,11-13,16H,8H2,1-2H3,(H,23,26)(H,24,27)(H,29,30)(H4,20,21,22)/t11?,12-,13+,16-/m1/s1. The first-order valence-electron chi connectivity index (χ1n) is 9.46. The summed E-state index contributed by atoms with van der Waals surface area (Å²) in [5.41, 5.74) is 11.0. The van der Waals surface area contributed by atoms with Crippen molar-refractivity contribution in [3.05, 3.63) is 35.9 Å². The van der Waals surface area contributed by atoms with Gasteiger partial charge in [0, 0.05) is 4.75 Å². The van der Waals surface area contributed by atoms with Crippen LogP contribution in [0, 0.1) is 0 Å². The lowest BCUT2D eigenvalue weighted by Crippen LogP contribution is -2.71. The molecule has 3 amide bonds. The van der Waals surface area contributed by atoms with Crippen molar-refractivity contribution in [3.63, 3.8) is 0 Å². The maximum absolute atomic E-state index is 13.0. The predicted octanol–water partition coefficient (Wildman–Crippen LogP) is -1.25. The summed E-state index contributed by atoms with van der Waals surface area (Å²) in [6.45, 7) is 3.14. The minimum Gasteiger partial charge on any atom is -0.480 e. The summed E-state index contributed by atoms with van der Waals surface area (Å²) in [6, 6.07) is 5.55. The van der Waals surface area contributed by atoms with E-state index in [1.54, 1.807) is 44.2 Å². The van der Waals surface area contributed by atoms with Crippen LogP contribution in [0.1, 0.15) is 25.5 Å². The van der Waals surface area contributed by atoms with Crippen molar-refractivity contribution in [3.8, 4) is 0 Å². The van der Waals surface area contributed by atoms with Gasteiger partial charge in [0.15, 0.2) is 5.96 Å². The Bertz CT molecular complexity index is 933. The van der Waals surface area contributed by atoms with Gasteiger partial charge in [-0.1, -0.05) is 30.3 Å². The van der Waals surface area contributed by atoms with E-state index in [0.717, 1.165) is 0 Å². The number of nitrogens with one attached hydrogen (secondary N) is 2. The number of amides is 3. The molecule has 2 saturated heterocycles. The highest BCUT2D eigenvalue weighted by atomic mass is 32.2. The first-order chi connectivity index (χ1) is 14.5. The number of guanidine groups is 1. The average Bonchev–Trinajstić information content (AvgIpc) is 2.97. The number of carboxylic acids is 1. The molecule has 4 atom stereocenters. The van der Waals surface area contributed by atoms with E-state index in [1.807, 2.05) is 0 Å². The Morgan fingerprint density at radius 2 is 1.90 bits per heavy atom. The molecule has 2 aliphatic heterocycles. The van der Waals surface area contributed by atoms with Crippen LogP contribution in [0.3, 0.4) is 0 Å². The van der Waals surface area contributed by atoms with Crippen LogP contribution < -0.4 is 22.1 Å². The zero-order valence-corrected chi connectivity index (χ0v) is 17.8. The summed E-state index contributed by atoms with van der Waals surface area (Å²) in [6.07, 6.45) is 0. The summed E-state index contributed by atoms with van der Waals surface area (Å²) >= 11 is 1.32. The molecule has 2 fully saturated rings. The van der Waals surface area contributed by atoms with E-state index < -0.39 is 51.9 Å². The molecule has 0 saturated carbocycles. The number of nitrogens with two attached hydrogens (primary N) is 2. The van der Waals surface area contributed by atoms with Crippen molar-refractivity contribution in [2.75, 3.05) is 6.54 Å². The number of nitrogens with zero attached hydrogens (tertiary/aromatic N) is 2. The highest BCUT2D eigenvalue weighted by molar-refractivity contribution is 8.01. The molecule has 0 aliphatic carbocycles. The van der Waals surface area contributed by atoms with Gasteiger partial charge in [-0.2, -0.15) is 0 Å². The van der Waals surface area contributed by atoms with E-state index in [9.17, 15) is 24.3 Å². The molecule has 1 aromatic carbocycles. The maximum atomic E-state index is 13.0. The molecule has 31 heavy (non-hydrogen) atoms. The van der Waals surface area contributed by atoms with E-state index in [2.05, 4.69) is 15.6 Å². The first kappa shape index (κ1) is 22.4. The number of carbonyl (C=O) groups is 4. The van der Waals surface area contributed by atoms with Crippen LogP contribution in [0.2, 0.25) is 0 Å². The van der Waals surface area contributed by atoms with E-state index in [1.165, 1.54) is 16.7 Å². The van der Waals surface area contributed by atoms with Gasteiger partial charge in [0.05, 0.1) is 0 Å². The number of hydrogen-bond acceptors (Lipinski definition) is 6. The summed E-state index contributed by atoms with van der Waals surface area (Å²) in [7, 11) is 0. The average molecular weight is 449 g/mol. The van der Waals surface area contributed by atoms with Gasteiger partial charge in [-0.05, 0) is 19.4 Å². The number of β-lactam (4-membered cyclic amide) rings is 1. The summed E-state index contributed by atoms with van der Waals surface area (Å²) < 4.78 is -0.709. The Morgan fingerprint density at radius 3 is 2.48 bits per heavy atom. The zero-order valence-electron chi connectivity index (χ0n) is 16.9. The molecule has 1 aromatic rings. The molecule has 0 aromatic heterocycles. The van der Waals surface area contributed by atoms with Gasteiger partial charge in [0.2, 0.25) is 17.7 Å². The topological polar surface area (TPSA) is 180 Å². The molecule has 3 rings (SSSR count). The number of carbonyl (C=O) groups excluding carboxylic acids is 3. The fourth-order valence-corrected chi connectivity index (χ4v) is 5.32. The molecule has 0 radical (unpaired) electrons. The van der Waals surface area contributed by atoms with Crippen LogP contribution in [0.4, 0.5) is 0 Å². The van der Waals surface area contributed by atoms with E-state index in [4.69, 9.17) is 11.5 Å². The fourth-order valence-electron chi connectivity index (χ4n) is 3.70. The number of thioether (sulfide) groups is 1. The van der Waals surface area contributed by atoms with E-state index in [0.29, 0.717) is 5.56 Å². The number of aliphatic carboxylic acids is 1. The van der Waals surface area contributed by atoms with Gasteiger partial charge in [-0.3, -0.25) is 14.4 Å². The first-order valence-corrected chi connectivity index (χ1v) is 10.3. The molecule has 0 spiro atoms. The molecule has 12 heteroatoms. The van der Waals surface area contributed by atoms with Crippen LogP contribution in [0.25, 0.3) is 0 Å². The van der Waals surface area contributed by atoms with Crippen LogP contribution in [0.15, 0.2) is 35.3 Å². The van der Waals surface area contributed by atoms with Gasteiger partial charge < -0.3 is 32.1 Å². The highest BCUT2D eigenvalue weighted by Crippen LogP contribution is 2.50. The molecule has 2 heterocycles. The molecule has 7 N–H and O–H groups in total. The third-order valence-electron chi connectivity index (χ3n) is 5.08. The Labute approximate surface area is 182 Å². The number of hydrogen-bond donors (Lipinski definition) is 5. The highest BCUT2D eigenvalue weighted by Gasteiger charge is 2.64. The summed E-state index contributed by atoms with van der Waals surface area (Å²) in [5.74, 6) is -3.00. The van der Waals surface area contributed by atoms with E-state index >= 15 is 0 Å². The lowest BCUT2D eigenvalue weighted by atomic mass is 9.95. The Hall–Kier alpha value is -3.28. The Balaban J connectivity index is 1.76. The van der Waals surface area contributed by atoms with Gasteiger partial charge in [0.1, 0.15) is 30.0 Å². The van der Waals surface area contributed by atoms with Gasteiger partial charge in [-0.25, -0.2) is 9.79 Å². The summed E-state index contributed by atoms with van der Waals surface area (Å²) in [4.78, 5) is 54.4. The smallest absolute Gasteiger partial charge is 0.327 e. The number of benzene rings is 1. The SMILES string of the molecule is CC1(C)S[C@@H]2[C@H](NC(=O)C(NC(=O)CN=C(N)N)c3ccccc3)C(=O)N2[C@H]1C(=O)O. The number of carboxylic acid groups (broad SMARTS) is 1. The second-order valence-electron chi connectivity index (χ2n) is 7.74. The number of fused-ring (bicyclic) bond motifs is 1. The summed E-state index contributed by atoms with van der Waals surface area (Å²) in [5, 5.41) is 14.2. The van der Waals surface area contributed by atoms with Crippen LogP contribution in [-0.4, -0.2) is 68.4 Å². The van der Waals surface area contributed by atoms with Crippen molar-refractivity contribution < 1.29 is 24.3 Å². The van der Waals surface area contributed by atoms with Crippen LogP contribution in [0.5, 0.6) is 0 Å². The predicted molar refractivity (Wildman–Crippen MR) is 114 cm³/mol. The lowest BCUT2D eigenvalue weighted by Gasteiger charge is -2.44. The quantitative estimate of drug-likeness (QED) is 0.195. The van der Waals surface area contributed by atoms with Crippen molar-refractivity contribution in [1.82, 2.24) is 15.5 Å². The minimum atomic E-state index is -1.09. The second kappa shape index (κ2) is 8.46. The lowest BCUT2D eigenvalue weighted by molar-refractivity contribution is -0.161. The molecular formula is C19H24N6O5S. The molecule has 166 valence electrons. The van der Waals surface area contributed by atoms with Crippen molar-refractivity contribution >= 4 is 41.4 Å². The largest absolute Gasteiger partial charge is 0.480 e. The van der Waals surface area contributed by atoms with Crippen molar-refractivity contribution in [2.24, 2.45) is 16.5 Å². The monoisotopic (exact) mass is 448 g/mol. The molecule has 0 bridgehead atoms. The number of rotatable bonds is 7. The van der Waals surface area contributed by atoms with Crippen LogP contribution in [-0.2, 0) is 19.2 Å². The second-order valence-corrected chi connectivity index (χ2v) is 9.51. The van der Waals surface area contributed by atoms with Crippen LogP contribution >= 0.6 is 11.8 Å².